The van der Waals surface area contributed by atoms with Gasteiger partial charge in [-0.2, -0.15) is 11.8 Å². The van der Waals surface area contributed by atoms with E-state index in [0.29, 0.717) is 0 Å². The monoisotopic (exact) mass is 216 g/mol. The zero-order valence-corrected chi connectivity index (χ0v) is 9.61. The van der Waals surface area contributed by atoms with Crippen molar-refractivity contribution >= 4 is 23.4 Å². The van der Waals surface area contributed by atoms with Gasteiger partial charge in [-0.1, -0.05) is 0 Å². The molecule has 1 heterocycles. The average molecular weight is 217 g/mol. The van der Waals surface area contributed by atoms with Crippen LogP contribution in [0.25, 0.3) is 0 Å². The molecule has 0 aromatic carbocycles. The molecule has 0 radical (unpaired) electrons. The molecule has 0 aliphatic carbocycles. The minimum atomic E-state index is -0.0108. The summed E-state index contributed by atoms with van der Waals surface area (Å²) >= 11 is 7.67. The molecule has 2 nitrogen and oxygen atoms in total. The molecule has 1 rings (SSSR count). The van der Waals surface area contributed by atoms with Gasteiger partial charge < -0.3 is 0 Å². The molecule has 0 spiro atoms. The normalized spacial score (nSPS) is 12.9. The Bertz CT molecular complexity index is 289. The van der Waals surface area contributed by atoms with Gasteiger partial charge in [0.15, 0.2) is 0 Å². The number of alkyl halides is 1. The first-order chi connectivity index (χ1) is 6.15. The van der Waals surface area contributed by atoms with E-state index in [0.717, 1.165) is 22.8 Å². The van der Waals surface area contributed by atoms with Gasteiger partial charge in [0.05, 0.1) is 11.1 Å². The first kappa shape index (κ1) is 10.8. The molecular formula is C9H13ClN2S. The standard InChI is InChI=1S/C9H13ClN2S/c1-6(10)8-4-11-9(5-13-3)12-7(8)2/h4,6H,5H2,1-3H3. The second-order valence-corrected chi connectivity index (χ2v) is 4.40. The molecule has 0 fully saturated rings. The van der Waals surface area contributed by atoms with Crippen LogP contribution in [0, 0.1) is 6.92 Å². The lowest BCUT2D eigenvalue weighted by atomic mass is 10.2. The van der Waals surface area contributed by atoms with Crippen molar-refractivity contribution < 1.29 is 0 Å². The number of thioether (sulfide) groups is 1. The molecule has 1 aromatic rings. The number of hydrogen-bond donors (Lipinski definition) is 0. The molecule has 1 aromatic heterocycles. The second kappa shape index (κ2) is 4.82. The quantitative estimate of drug-likeness (QED) is 0.727. The second-order valence-electron chi connectivity index (χ2n) is 2.88. The fourth-order valence-electron chi connectivity index (χ4n) is 1.11. The van der Waals surface area contributed by atoms with Gasteiger partial charge in [-0.3, -0.25) is 0 Å². The smallest absolute Gasteiger partial charge is 0.138 e. The van der Waals surface area contributed by atoms with Gasteiger partial charge in [0.1, 0.15) is 5.82 Å². The highest BCUT2D eigenvalue weighted by Crippen LogP contribution is 2.21. The molecule has 0 N–H and O–H groups in total. The van der Waals surface area contributed by atoms with Crippen molar-refractivity contribution in [2.24, 2.45) is 0 Å². The van der Waals surface area contributed by atoms with Crippen molar-refractivity contribution in [2.75, 3.05) is 6.26 Å². The number of halogens is 1. The number of aryl methyl sites for hydroxylation is 1. The lowest BCUT2D eigenvalue weighted by molar-refractivity contribution is 0.924. The maximum Gasteiger partial charge on any atom is 0.138 e. The Morgan fingerprint density at radius 2 is 2.31 bits per heavy atom. The Balaban J connectivity index is 2.92. The van der Waals surface area contributed by atoms with E-state index in [9.17, 15) is 0 Å². The third-order valence-electron chi connectivity index (χ3n) is 1.77. The molecule has 1 unspecified atom stereocenters. The van der Waals surface area contributed by atoms with Crippen molar-refractivity contribution in [3.05, 3.63) is 23.3 Å². The highest BCUT2D eigenvalue weighted by molar-refractivity contribution is 7.97. The summed E-state index contributed by atoms with van der Waals surface area (Å²) in [7, 11) is 0. The highest BCUT2D eigenvalue weighted by Gasteiger charge is 2.07. The maximum atomic E-state index is 5.95. The predicted molar refractivity (Wildman–Crippen MR) is 58.3 cm³/mol. The van der Waals surface area contributed by atoms with E-state index in [1.807, 2.05) is 26.3 Å². The SMILES string of the molecule is CSCc1ncc(C(C)Cl)c(C)n1. The number of nitrogens with zero attached hydrogens (tertiary/aromatic N) is 2. The van der Waals surface area contributed by atoms with Crippen LogP contribution < -0.4 is 0 Å². The van der Waals surface area contributed by atoms with E-state index in [-0.39, 0.29) is 5.38 Å². The molecule has 0 saturated heterocycles. The zero-order valence-electron chi connectivity index (χ0n) is 8.04. The van der Waals surface area contributed by atoms with Gasteiger partial charge in [0.25, 0.3) is 0 Å². The lowest BCUT2D eigenvalue weighted by Crippen LogP contribution is -2.00. The summed E-state index contributed by atoms with van der Waals surface area (Å²) in [6.45, 7) is 3.90. The number of hydrogen-bond acceptors (Lipinski definition) is 3. The molecule has 4 heteroatoms. The zero-order chi connectivity index (χ0) is 9.84. The molecule has 0 aliphatic heterocycles. The average Bonchev–Trinajstić information content (AvgIpc) is 2.04. The third kappa shape index (κ3) is 2.85. The Kier molecular flexibility index (Phi) is 4.00. The molecular weight excluding hydrogens is 204 g/mol. The van der Waals surface area contributed by atoms with Crippen LogP contribution in [0.15, 0.2) is 6.20 Å². The summed E-state index contributed by atoms with van der Waals surface area (Å²) in [6.07, 6.45) is 3.86. The van der Waals surface area contributed by atoms with Crippen LogP contribution in [0.3, 0.4) is 0 Å². The summed E-state index contributed by atoms with van der Waals surface area (Å²) in [6, 6.07) is 0. The minimum absolute atomic E-state index is 0.0108. The van der Waals surface area contributed by atoms with E-state index in [1.165, 1.54) is 0 Å². The van der Waals surface area contributed by atoms with Crippen molar-refractivity contribution in [1.29, 1.82) is 0 Å². The minimum Gasteiger partial charge on any atom is -0.240 e. The topological polar surface area (TPSA) is 25.8 Å². The number of rotatable bonds is 3. The number of aromatic nitrogens is 2. The van der Waals surface area contributed by atoms with Gasteiger partial charge in [-0.25, -0.2) is 9.97 Å². The van der Waals surface area contributed by atoms with Crippen LogP contribution >= 0.6 is 23.4 Å². The summed E-state index contributed by atoms with van der Waals surface area (Å²) in [4.78, 5) is 8.60. The van der Waals surface area contributed by atoms with E-state index < -0.39 is 0 Å². The summed E-state index contributed by atoms with van der Waals surface area (Å²) in [5.74, 6) is 1.74. The fourth-order valence-corrected chi connectivity index (χ4v) is 1.73. The van der Waals surface area contributed by atoms with Crippen molar-refractivity contribution in [3.8, 4) is 0 Å². The van der Waals surface area contributed by atoms with Crippen LogP contribution in [-0.4, -0.2) is 16.2 Å². The van der Waals surface area contributed by atoms with Gasteiger partial charge in [-0.05, 0) is 20.1 Å². The third-order valence-corrected chi connectivity index (χ3v) is 2.55. The summed E-state index contributed by atoms with van der Waals surface area (Å²) in [5.41, 5.74) is 2.01. The van der Waals surface area contributed by atoms with Crippen LogP contribution in [-0.2, 0) is 5.75 Å². The molecule has 0 bridgehead atoms. The Hall–Kier alpha value is -0.280. The first-order valence-electron chi connectivity index (χ1n) is 4.10. The van der Waals surface area contributed by atoms with Gasteiger partial charge >= 0.3 is 0 Å². The fraction of sp³-hybridized carbons (Fsp3) is 0.556. The summed E-state index contributed by atoms with van der Waals surface area (Å²) < 4.78 is 0. The van der Waals surface area contributed by atoms with Crippen LogP contribution in [0.2, 0.25) is 0 Å². The van der Waals surface area contributed by atoms with E-state index in [4.69, 9.17) is 11.6 Å². The van der Waals surface area contributed by atoms with Crippen LogP contribution in [0.5, 0.6) is 0 Å². The molecule has 13 heavy (non-hydrogen) atoms. The van der Waals surface area contributed by atoms with Crippen LogP contribution in [0.4, 0.5) is 0 Å². The highest BCUT2D eigenvalue weighted by atomic mass is 35.5. The van der Waals surface area contributed by atoms with Gasteiger partial charge in [-0.15, -0.1) is 11.6 Å². The Labute approximate surface area is 88.1 Å². The Morgan fingerprint density at radius 3 is 2.77 bits per heavy atom. The van der Waals surface area contributed by atoms with E-state index in [2.05, 4.69) is 9.97 Å². The summed E-state index contributed by atoms with van der Waals surface area (Å²) in [5, 5.41) is -0.0108. The van der Waals surface area contributed by atoms with Gasteiger partial charge in [0, 0.05) is 17.5 Å². The van der Waals surface area contributed by atoms with E-state index in [1.54, 1.807) is 11.8 Å². The molecule has 0 saturated carbocycles. The molecule has 72 valence electrons. The maximum absolute atomic E-state index is 5.95. The van der Waals surface area contributed by atoms with Crippen LogP contribution in [0.1, 0.15) is 29.4 Å². The molecule has 0 amide bonds. The largest absolute Gasteiger partial charge is 0.240 e. The van der Waals surface area contributed by atoms with E-state index >= 15 is 0 Å². The predicted octanol–water partition coefficient (Wildman–Crippen LogP) is 2.95. The lowest BCUT2D eigenvalue weighted by Gasteiger charge is -2.07. The van der Waals surface area contributed by atoms with Crippen molar-refractivity contribution in [2.45, 2.75) is 25.0 Å². The van der Waals surface area contributed by atoms with Crippen molar-refractivity contribution in [3.63, 3.8) is 0 Å². The molecule has 0 aliphatic rings. The van der Waals surface area contributed by atoms with Gasteiger partial charge in [0.2, 0.25) is 0 Å². The molecule has 1 atom stereocenters. The Morgan fingerprint density at radius 1 is 1.62 bits per heavy atom. The first-order valence-corrected chi connectivity index (χ1v) is 5.93. The van der Waals surface area contributed by atoms with Crippen molar-refractivity contribution in [1.82, 2.24) is 9.97 Å².